The minimum atomic E-state index is -1.28. The Hall–Kier alpha value is -5.91. The summed E-state index contributed by atoms with van der Waals surface area (Å²) in [6.45, 7) is 30.6. The van der Waals surface area contributed by atoms with Crippen molar-refractivity contribution in [1.82, 2.24) is 29.4 Å². The summed E-state index contributed by atoms with van der Waals surface area (Å²) < 4.78 is 0. The molecule has 3 fully saturated rings. The van der Waals surface area contributed by atoms with Gasteiger partial charge in [0.2, 0.25) is 11.8 Å². The number of nitrogens with two attached hydrogens (primary N) is 1. The molecule has 3 N–H and O–H groups in total. The summed E-state index contributed by atoms with van der Waals surface area (Å²) in [5, 5.41) is 8.24. The van der Waals surface area contributed by atoms with Gasteiger partial charge in [-0.3, -0.25) is 33.7 Å². The van der Waals surface area contributed by atoms with Crippen LogP contribution >= 0.6 is 23.5 Å². The molecule has 0 unspecified atom stereocenters. The van der Waals surface area contributed by atoms with Gasteiger partial charge in [-0.15, -0.1) is 13.2 Å². The summed E-state index contributed by atoms with van der Waals surface area (Å²) in [4.78, 5) is 98.5. The molecule has 7 atom stereocenters. The van der Waals surface area contributed by atoms with E-state index >= 15 is 0 Å². The van der Waals surface area contributed by atoms with Gasteiger partial charge in [0.05, 0.1) is 0 Å². The fourth-order valence-corrected chi connectivity index (χ4v) is 11.2. The van der Waals surface area contributed by atoms with Crippen LogP contribution in [0.5, 0.6) is 0 Å². The third kappa shape index (κ3) is 14.6. The number of amides is 6. The highest BCUT2D eigenvalue weighted by Crippen LogP contribution is 2.43. The molecule has 0 aliphatic carbocycles. The fourth-order valence-electron chi connectivity index (χ4n) is 10.2. The number of hydrogen-bond acceptors (Lipinski definition) is 10. The van der Waals surface area contributed by atoms with Gasteiger partial charge in [-0.1, -0.05) is 129 Å². The van der Waals surface area contributed by atoms with Crippen LogP contribution in [0.1, 0.15) is 127 Å². The monoisotopic (exact) mass is 1100 g/mol. The van der Waals surface area contributed by atoms with Gasteiger partial charge in [-0.2, -0.15) is 23.5 Å². The molecular formula is C60H87N7O8S2. The van der Waals surface area contributed by atoms with Crippen molar-refractivity contribution >= 4 is 64.9 Å². The molecule has 77 heavy (non-hydrogen) atoms. The second kappa shape index (κ2) is 26.2. The van der Waals surface area contributed by atoms with Crippen molar-refractivity contribution in [2.45, 2.75) is 137 Å². The molecule has 3 aliphatic rings. The average Bonchev–Trinajstić information content (AvgIpc) is 3.86. The maximum atomic E-state index is 13.3. The SMILES string of the molecule is C=C[C@@](C)(N)C(=O)O.C=C[C@]1(C)C(=O)N(C)[C@H](C(C)(C)C)N1C(=O)c1ccccc1.CSCC[C@H]1C(=O)N(C)[C@H](C(C)(C)C)N1C(=O)c1ccccc1.CSCC[C@]1(C)C(=O)N(C)[C@H](C(C)(C)C)N1C(=O)c1ccccc1. The Morgan fingerprint density at radius 1 is 0.597 bits per heavy atom. The molecule has 6 rings (SSSR count). The Morgan fingerprint density at radius 3 is 1.32 bits per heavy atom. The van der Waals surface area contributed by atoms with Gasteiger partial charge in [-0.25, -0.2) is 4.79 Å². The zero-order valence-electron chi connectivity index (χ0n) is 48.7. The van der Waals surface area contributed by atoms with Crippen molar-refractivity contribution in [3.05, 3.63) is 133 Å². The summed E-state index contributed by atoms with van der Waals surface area (Å²) >= 11 is 3.40. The second-order valence-electron chi connectivity index (χ2n) is 23.6. The van der Waals surface area contributed by atoms with E-state index in [0.717, 1.165) is 11.5 Å². The van der Waals surface area contributed by atoms with Crippen LogP contribution in [-0.2, 0) is 19.2 Å². The molecule has 3 saturated heterocycles. The Kier molecular flexibility index (Phi) is 22.2. The number of likely N-dealkylation sites (N-methyl/N-ethyl adjacent to an activating group) is 3. The van der Waals surface area contributed by atoms with Crippen molar-refractivity contribution in [3.63, 3.8) is 0 Å². The lowest BCUT2D eigenvalue weighted by atomic mass is 9.89. The van der Waals surface area contributed by atoms with Crippen molar-refractivity contribution in [3.8, 4) is 0 Å². The van der Waals surface area contributed by atoms with Crippen molar-refractivity contribution < 1.29 is 38.7 Å². The smallest absolute Gasteiger partial charge is 0.327 e. The van der Waals surface area contributed by atoms with Crippen molar-refractivity contribution in [2.24, 2.45) is 22.0 Å². The lowest BCUT2D eigenvalue weighted by Crippen LogP contribution is -2.55. The fraction of sp³-hybridized carbons (Fsp3) is 0.517. The Morgan fingerprint density at radius 2 is 0.974 bits per heavy atom. The van der Waals surface area contributed by atoms with Gasteiger partial charge < -0.3 is 35.3 Å². The van der Waals surface area contributed by atoms with E-state index in [0.29, 0.717) is 29.5 Å². The van der Waals surface area contributed by atoms with Crippen molar-refractivity contribution in [1.29, 1.82) is 0 Å². The van der Waals surface area contributed by atoms with Gasteiger partial charge in [-0.05, 0) is 94.0 Å². The van der Waals surface area contributed by atoms with Gasteiger partial charge in [0.25, 0.3) is 23.6 Å². The molecule has 0 spiro atoms. The standard InChI is InChI=1S/C19H28N2O2S.C18H26N2O2S.C18H24N2O2.C5H9NO2/c1-18(2,3)16-20(5)17(23)19(4,12-13-24-6)21(16)15(22)14-10-8-7-9-11-14;1-18(2,3)17-19(4)16(22)14(11-12-23-5)20(17)15(21)13-9-7-6-8-10-13;1-7-18(5)16(22)19(6)15(17(2,3)4)20(18)14(21)13-11-9-8-10-12-13;1-3-5(2,6)4(7)8/h7-11,16H,12-13H2,1-6H3;6-10,14,17H,11-12H2,1-5H3;7-12,15H,1H2,2-6H3;3H,1,6H2,2H3,(H,7,8)/t16-,19+;14-,17-;15-,18+;5-/m0001/s1. The van der Waals surface area contributed by atoms with E-state index in [1.165, 1.54) is 13.0 Å². The maximum absolute atomic E-state index is 13.3. The summed E-state index contributed by atoms with van der Waals surface area (Å²) in [6, 6.07) is 27.2. The minimum absolute atomic E-state index is 0.0285. The summed E-state index contributed by atoms with van der Waals surface area (Å²) in [5.41, 5.74) is 3.17. The Labute approximate surface area is 468 Å². The summed E-state index contributed by atoms with van der Waals surface area (Å²) in [7, 11) is 5.37. The van der Waals surface area contributed by atoms with E-state index in [1.807, 2.05) is 138 Å². The molecular weight excluding hydrogens is 1010 g/mol. The predicted octanol–water partition coefficient (Wildman–Crippen LogP) is 9.47. The zero-order chi connectivity index (χ0) is 58.8. The highest BCUT2D eigenvalue weighted by atomic mass is 32.2. The first kappa shape index (κ1) is 65.4. The first-order valence-corrected chi connectivity index (χ1v) is 28.6. The lowest BCUT2D eigenvalue weighted by molar-refractivity contribution is -0.140. The van der Waals surface area contributed by atoms with Crippen LogP contribution in [0.15, 0.2) is 116 Å². The highest BCUT2D eigenvalue weighted by molar-refractivity contribution is 7.98. The first-order valence-electron chi connectivity index (χ1n) is 25.8. The van der Waals surface area contributed by atoms with Crippen LogP contribution in [-0.4, -0.2) is 162 Å². The minimum Gasteiger partial charge on any atom is -0.480 e. The van der Waals surface area contributed by atoms with Gasteiger partial charge in [0.1, 0.15) is 41.2 Å². The zero-order valence-corrected chi connectivity index (χ0v) is 50.4. The van der Waals surface area contributed by atoms with E-state index in [9.17, 15) is 33.6 Å². The van der Waals surface area contributed by atoms with Crippen LogP contribution in [0.4, 0.5) is 0 Å². The maximum Gasteiger partial charge on any atom is 0.327 e. The number of benzene rings is 3. The number of nitrogens with zero attached hydrogens (tertiary/aromatic N) is 6. The largest absolute Gasteiger partial charge is 0.480 e. The highest BCUT2D eigenvalue weighted by Gasteiger charge is 2.59. The number of rotatable bonds is 12. The molecule has 3 heterocycles. The number of aliphatic carboxylic acids is 1. The molecule has 6 amide bonds. The topological polar surface area (TPSA) is 185 Å². The van der Waals surface area contributed by atoms with Gasteiger partial charge in [0, 0.05) is 54.1 Å². The van der Waals surface area contributed by atoms with Gasteiger partial charge >= 0.3 is 5.97 Å². The van der Waals surface area contributed by atoms with E-state index in [-0.39, 0.29) is 76.2 Å². The lowest BCUT2D eigenvalue weighted by Gasteiger charge is -2.41. The first-order chi connectivity index (χ1) is 35.6. The average molecular weight is 1100 g/mol. The molecule has 3 aromatic carbocycles. The quantitative estimate of drug-likeness (QED) is 0.165. The molecule has 0 aromatic heterocycles. The molecule has 0 radical (unpaired) electrons. The third-order valence-corrected chi connectivity index (χ3v) is 15.4. The molecule has 3 aromatic rings. The Balaban J connectivity index is 0.000000284. The summed E-state index contributed by atoms with van der Waals surface area (Å²) in [5.74, 6) is 0.320. The van der Waals surface area contributed by atoms with Crippen molar-refractivity contribution in [2.75, 3.05) is 45.2 Å². The third-order valence-electron chi connectivity index (χ3n) is 14.1. The summed E-state index contributed by atoms with van der Waals surface area (Å²) in [6.07, 6.45) is 7.34. The van der Waals surface area contributed by atoms with E-state index in [1.54, 1.807) is 80.2 Å². The van der Waals surface area contributed by atoms with Crippen LogP contribution in [0.3, 0.4) is 0 Å². The number of thioether (sulfide) groups is 2. The molecule has 0 saturated carbocycles. The number of hydrogen-bond donors (Lipinski definition) is 2. The molecule has 17 heteroatoms. The molecule has 3 aliphatic heterocycles. The van der Waals surface area contributed by atoms with Crippen LogP contribution < -0.4 is 5.73 Å². The van der Waals surface area contributed by atoms with Crippen LogP contribution in [0.25, 0.3) is 0 Å². The van der Waals surface area contributed by atoms with E-state index in [4.69, 9.17) is 10.8 Å². The molecule has 0 bridgehead atoms. The Bertz CT molecular complexity index is 2560. The van der Waals surface area contributed by atoms with Gasteiger partial charge in [0.15, 0.2) is 0 Å². The van der Waals surface area contributed by atoms with Crippen LogP contribution in [0, 0.1) is 16.2 Å². The van der Waals surface area contributed by atoms with Crippen LogP contribution in [0.2, 0.25) is 0 Å². The second-order valence-corrected chi connectivity index (χ2v) is 25.6. The normalized spacial score (nSPS) is 23.2. The number of carboxylic acid groups (broad SMARTS) is 1. The number of carboxylic acids is 1. The molecule has 15 nitrogen and oxygen atoms in total. The number of carbonyl (C=O) groups excluding carboxylic acids is 6. The molecule has 422 valence electrons. The predicted molar refractivity (Wildman–Crippen MR) is 313 cm³/mol. The van der Waals surface area contributed by atoms with E-state index in [2.05, 4.69) is 54.7 Å². The number of carbonyl (C=O) groups is 7. The van der Waals surface area contributed by atoms with E-state index < -0.39 is 22.6 Å².